The van der Waals surface area contributed by atoms with Crippen molar-refractivity contribution in [2.24, 2.45) is 7.05 Å². The van der Waals surface area contributed by atoms with Gasteiger partial charge in [0.15, 0.2) is 11.2 Å². The van der Waals surface area contributed by atoms with E-state index in [0.717, 1.165) is 19.6 Å². The van der Waals surface area contributed by atoms with Crippen LogP contribution in [0.25, 0.3) is 11.2 Å². The number of aromatic amines is 1. The molecule has 184 valence electrons. The minimum absolute atomic E-state index is 0.00287. The first-order valence-corrected chi connectivity index (χ1v) is 11.1. The van der Waals surface area contributed by atoms with E-state index in [1.165, 1.54) is 4.57 Å². The van der Waals surface area contributed by atoms with Crippen molar-refractivity contribution in [1.29, 1.82) is 0 Å². The van der Waals surface area contributed by atoms with Crippen LogP contribution in [0.1, 0.15) is 0 Å². The molecule has 0 aliphatic carbocycles. The highest BCUT2D eigenvalue weighted by atomic mass is 16.5. The van der Waals surface area contributed by atoms with E-state index in [0.29, 0.717) is 37.2 Å². The lowest BCUT2D eigenvalue weighted by Gasteiger charge is -2.26. The summed E-state index contributed by atoms with van der Waals surface area (Å²) < 4.78 is 19.1. The number of aliphatic hydroxyl groups excluding tert-OH is 1. The first kappa shape index (κ1) is 23.8. The molecule has 3 heterocycles. The lowest BCUT2D eigenvalue weighted by atomic mass is 10.3. The van der Waals surface area contributed by atoms with E-state index < -0.39 is 17.4 Å². The quantitative estimate of drug-likeness (QED) is 0.359. The number of aliphatic hydroxyl groups is 1. The minimum atomic E-state index is -0.934. The molecule has 0 saturated carbocycles. The number of rotatable bonds is 10. The molecule has 34 heavy (non-hydrogen) atoms. The van der Waals surface area contributed by atoms with Crippen molar-refractivity contribution in [2.75, 3.05) is 58.4 Å². The maximum absolute atomic E-state index is 12.6. The number of morpholine rings is 1. The molecule has 1 saturated heterocycles. The van der Waals surface area contributed by atoms with E-state index in [4.69, 9.17) is 14.2 Å². The highest BCUT2D eigenvalue weighted by Crippen LogP contribution is 2.19. The van der Waals surface area contributed by atoms with Gasteiger partial charge < -0.3 is 29.2 Å². The number of aryl methyl sites for hydroxylation is 1. The van der Waals surface area contributed by atoms with Crippen molar-refractivity contribution in [3.05, 3.63) is 45.1 Å². The van der Waals surface area contributed by atoms with Gasteiger partial charge in [0, 0.05) is 33.2 Å². The van der Waals surface area contributed by atoms with Gasteiger partial charge >= 0.3 is 5.69 Å². The number of benzene rings is 1. The van der Waals surface area contributed by atoms with Crippen LogP contribution in [-0.4, -0.2) is 88.3 Å². The Morgan fingerprint density at radius 2 is 1.91 bits per heavy atom. The summed E-state index contributed by atoms with van der Waals surface area (Å²) in [6.45, 7) is 4.52. The van der Waals surface area contributed by atoms with Crippen LogP contribution in [0.4, 0.5) is 5.95 Å². The SMILES string of the molecule is COc1ccc(OCC(O)Cn2c(NCCN3CCOCC3)nc3c2c(=O)[nH]c(=O)n3C)cc1. The Labute approximate surface area is 195 Å². The van der Waals surface area contributed by atoms with Crippen molar-refractivity contribution in [3.63, 3.8) is 0 Å². The van der Waals surface area contributed by atoms with Crippen LogP contribution in [0.2, 0.25) is 0 Å². The van der Waals surface area contributed by atoms with Crippen molar-refractivity contribution in [3.8, 4) is 11.5 Å². The average Bonchev–Trinajstić information content (AvgIpc) is 3.21. The zero-order valence-corrected chi connectivity index (χ0v) is 19.3. The molecule has 1 aliphatic heterocycles. The number of anilines is 1. The van der Waals surface area contributed by atoms with Gasteiger partial charge in [0.05, 0.1) is 26.9 Å². The summed E-state index contributed by atoms with van der Waals surface area (Å²) >= 11 is 0. The number of nitrogens with one attached hydrogen (secondary N) is 2. The van der Waals surface area contributed by atoms with Gasteiger partial charge in [0.2, 0.25) is 5.95 Å². The molecule has 2 aromatic heterocycles. The van der Waals surface area contributed by atoms with E-state index >= 15 is 0 Å². The zero-order chi connectivity index (χ0) is 24.1. The molecule has 0 amide bonds. The maximum atomic E-state index is 12.6. The molecule has 12 heteroatoms. The van der Waals surface area contributed by atoms with Crippen molar-refractivity contribution in [1.82, 2.24) is 24.0 Å². The molecule has 3 N–H and O–H groups in total. The molecule has 3 aromatic rings. The molecule has 1 aromatic carbocycles. The van der Waals surface area contributed by atoms with Gasteiger partial charge in [-0.3, -0.25) is 19.2 Å². The summed E-state index contributed by atoms with van der Waals surface area (Å²) in [5, 5.41) is 13.9. The third-order valence-corrected chi connectivity index (χ3v) is 5.72. The molecule has 1 atom stereocenters. The number of hydrogen-bond acceptors (Lipinski definition) is 9. The molecular formula is C22H30N6O6. The van der Waals surface area contributed by atoms with Crippen LogP contribution >= 0.6 is 0 Å². The lowest BCUT2D eigenvalue weighted by Crippen LogP contribution is -2.39. The summed E-state index contributed by atoms with van der Waals surface area (Å²) in [5.74, 6) is 1.69. The predicted octanol–water partition coefficient (Wildman–Crippen LogP) is -0.384. The summed E-state index contributed by atoms with van der Waals surface area (Å²) in [4.78, 5) is 33.7. The highest BCUT2D eigenvalue weighted by Gasteiger charge is 2.20. The van der Waals surface area contributed by atoms with Crippen LogP contribution in [0.15, 0.2) is 33.9 Å². The van der Waals surface area contributed by atoms with E-state index in [2.05, 4.69) is 20.2 Å². The van der Waals surface area contributed by atoms with Crippen LogP contribution < -0.4 is 26.0 Å². The number of imidazole rings is 1. The number of methoxy groups -OCH3 is 1. The fourth-order valence-corrected chi connectivity index (χ4v) is 3.83. The van der Waals surface area contributed by atoms with Crippen molar-refractivity contribution >= 4 is 17.1 Å². The topological polar surface area (TPSA) is 136 Å². The molecule has 0 bridgehead atoms. The standard InChI is InChI=1S/C22H30N6O6/c1-26-19-18(20(30)25-22(26)31)28(21(24-19)23-7-8-27-9-11-33-12-10-27)13-15(29)14-34-17-5-3-16(32-2)4-6-17/h3-6,15,29H,7-14H2,1-2H3,(H,23,24)(H,25,30,31). The molecule has 4 rings (SSSR count). The van der Waals surface area contributed by atoms with E-state index in [-0.39, 0.29) is 24.3 Å². The summed E-state index contributed by atoms with van der Waals surface area (Å²) in [6.07, 6.45) is -0.934. The second-order valence-corrected chi connectivity index (χ2v) is 8.06. The van der Waals surface area contributed by atoms with Crippen LogP contribution in [-0.2, 0) is 18.3 Å². The van der Waals surface area contributed by atoms with Gasteiger partial charge in [-0.25, -0.2) is 4.79 Å². The smallest absolute Gasteiger partial charge is 0.329 e. The van der Waals surface area contributed by atoms with Crippen LogP contribution in [0.3, 0.4) is 0 Å². The second kappa shape index (κ2) is 10.7. The van der Waals surface area contributed by atoms with Gasteiger partial charge in [-0.2, -0.15) is 4.98 Å². The Morgan fingerprint density at radius 1 is 1.21 bits per heavy atom. The number of nitrogens with zero attached hydrogens (tertiary/aromatic N) is 4. The van der Waals surface area contributed by atoms with E-state index in [1.54, 1.807) is 43.0 Å². The summed E-state index contributed by atoms with van der Waals surface area (Å²) in [5.41, 5.74) is -0.661. The van der Waals surface area contributed by atoms with E-state index in [9.17, 15) is 14.7 Å². The van der Waals surface area contributed by atoms with Gasteiger partial charge in [-0.15, -0.1) is 0 Å². The number of hydrogen-bond donors (Lipinski definition) is 3. The molecule has 12 nitrogen and oxygen atoms in total. The molecule has 1 fully saturated rings. The normalized spacial score (nSPS) is 15.4. The van der Waals surface area contributed by atoms with Crippen molar-refractivity contribution in [2.45, 2.75) is 12.6 Å². The Kier molecular flexibility index (Phi) is 7.50. The van der Waals surface area contributed by atoms with E-state index in [1.807, 2.05) is 0 Å². The van der Waals surface area contributed by atoms with Gasteiger partial charge in [0.1, 0.15) is 24.2 Å². The Balaban J connectivity index is 1.50. The largest absolute Gasteiger partial charge is 0.497 e. The molecular weight excluding hydrogens is 444 g/mol. The summed E-state index contributed by atoms with van der Waals surface area (Å²) in [7, 11) is 3.12. The lowest BCUT2D eigenvalue weighted by molar-refractivity contribution is 0.0398. The van der Waals surface area contributed by atoms with Gasteiger partial charge in [0.25, 0.3) is 5.56 Å². The minimum Gasteiger partial charge on any atom is -0.497 e. The fourth-order valence-electron chi connectivity index (χ4n) is 3.83. The molecule has 0 spiro atoms. The van der Waals surface area contributed by atoms with Crippen molar-refractivity contribution < 1.29 is 19.3 Å². The molecule has 0 radical (unpaired) electrons. The Morgan fingerprint density at radius 3 is 2.62 bits per heavy atom. The number of ether oxygens (including phenoxy) is 3. The molecule has 1 unspecified atom stereocenters. The molecule has 1 aliphatic rings. The maximum Gasteiger partial charge on any atom is 0.329 e. The monoisotopic (exact) mass is 474 g/mol. The first-order valence-electron chi connectivity index (χ1n) is 11.1. The average molecular weight is 475 g/mol. The predicted molar refractivity (Wildman–Crippen MR) is 126 cm³/mol. The highest BCUT2D eigenvalue weighted by molar-refractivity contribution is 5.74. The van der Waals surface area contributed by atoms with Crippen LogP contribution in [0.5, 0.6) is 11.5 Å². The third-order valence-electron chi connectivity index (χ3n) is 5.72. The third kappa shape index (κ3) is 5.41. The second-order valence-electron chi connectivity index (χ2n) is 8.06. The first-order chi connectivity index (χ1) is 16.5. The van der Waals surface area contributed by atoms with Crippen LogP contribution in [0, 0.1) is 0 Å². The Bertz CT molecular complexity index is 1210. The zero-order valence-electron chi connectivity index (χ0n) is 19.3. The Hall–Kier alpha value is -3.35. The van der Waals surface area contributed by atoms with Gasteiger partial charge in [-0.05, 0) is 24.3 Å². The van der Waals surface area contributed by atoms with Gasteiger partial charge in [-0.1, -0.05) is 0 Å². The number of H-pyrrole nitrogens is 1. The number of fused-ring (bicyclic) bond motifs is 1. The fraction of sp³-hybridized carbons (Fsp3) is 0.500. The summed E-state index contributed by atoms with van der Waals surface area (Å²) in [6, 6.07) is 7.03. The number of aromatic nitrogens is 4.